The number of piperazine rings is 1. The van der Waals surface area contributed by atoms with Gasteiger partial charge in [0.25, 0.3) is 0 Å². The Morgan fingerprint density at radius 1 is 1.38 bits per heavy atom. The molecule has 0 unspecified atom stereocenters. The summed E-state index contributed by atoms with van der Waals surface area (Å²) < 4.78 is 2.53. The summed E-state index contributed by atoms with van der Waals surface area (Å²) in [7, 11) is 0. The minimum Gasteiger partial charge on any atom is -0.354 e. The maximum Gasteiger partial charge on any atom is 0.228 e. The lowest BCUT2D eigenvalue weighted by atomic mass is 10.2. The minimum absolute atomic E-state index is 0.115. The first-order chi connectivity index (χ1) is 14.1. The van der Waals surface area contributed by atoms with E-state index in [4.69, 9.17) is 17.5 Å². The summed E-state index contributed by atoms with van der Waals surface area (Å²) in [6, 6.07) is 6.00. The number of aromatic nitrogens is 3. The van der Waals surface area contributed by atoms with Crippen LogP contribution in [0.4, 0.5) is 10.9 Å². The summed E-state index contributed by atoms with van der Waals surface area (Å²) in [6.07, 6.45) is 4.24. The smallest absolute Gasteiger partial charge is 0.228 e. The lowest BCUT2D eigenvalue weighted by Crippen LogP contribution is -2.47. The fourth-order valence-corrected chi connectivity index (χ4v) is 4.59. The van der Waals surface area contributed by atoms with Crippen molar-refractivity contribution in [2.45, 2.75) is 38.9 Å². The number of carbonyl (C=O) groups excluding carboxylic acids is 1. The maximum atomic E-state index is 12.3. The molecule has 2 fully saturated rings. The van der Waals surface area contributed by atoms with Crippen molar-refractivity contribution in [1.82, 2.24) is 19.7 Å². The second kappa shape index (κ2) is 8.57. The normalized spacial score (nSPS) is 17.2. The van der Waals surface area contributed by atoms with E-state index in [1.807, 2.05) is 22.6 Å². The van der Waals surface area contributed by atoms with Gasteiger partial charge in [0.05, 0.1) is 18.3 Å². The molecule has 2 aromatic heterocycles. The number of pyridine rings is 1. The van der Waals surface area contributed by atoms with Crippen molar-refractivity contribution >= 4 is 40.4 Å². The second-order valence-corrected chi connectivity index (χ2v) is 8.86. The Morgan fingerprint density at radius 2 is 2.14 bits per heavy atom. The molecule has 152 valence electrons. The number of nitrogens with zero attached hydrogens (tertiary/aromatic N) is 7. The van der Waals surface area contributed by atoms with E-state index in [2.05, 4.69) is 26.0 Å². The lowest BCUT2D eigenvalue weighted by Gasteiger charge is -2.35. The standard InChI is InChI=1S/C19H23N7OS2/c1-2-17(27)26(15-3-4-15)18-22-25(19(28)29-18)13-23-7-9-24(10-8-23)16-11-14(12-20)5-6-21-16/h5-6,11,15H,2-4,7-10,13H2,1H3. The van der Waals surface area contributed by atoms with Crippen LogP contribution in [0.3, 0.4) is 0 Å². The Morgan fingerprint density at radius 3 is 2.79 bits per heavy atom. The molecule has 0 bridgehead atoms. The zero-order valence-corrected chi connectivity index (χ0v) is 18.0. The number of hydrogen-bond donors (Lipinski definition) is 0. The van der Waals surface area contributed by atoms with Gasteiger partial charge in [-0.2, -0.15) is 5.26 Å². The van der Waals surface area contributed by atoms with Crippen molar-refractivity contribution in [3.8, 4) is 6.07 Å². The highest BCUT2D eigenvalue weighted by Crippen LogP contribution is 2.34. The van der Waals surface area contributed by atoms with Crippen molar-refractivity contribution in [2.75, 3.05) is 36.0 Å². The largest absolute Gasteiger partial charge is 0.354 e. The highest BCUT2D eigenvalue weighted by molar-refractivity contribution is 7.73. The molecule has 0 atom stereocenters. The summed E-state index contributed by atoms with van der Waals surface area (Å²) >= 11 is 6.94. The quantitative estimate of drug-likeness (QED) is 0.653. The number of amides is 1. The van der Waals surface area contributed by atoms with E-state index in [-0.39, 0.29) is 11.9 Å². The van der Waals surface area contributed by atoms with Crippen molar-refractivity contribution < 1.29 is 4.79 Å². The predicted molar refractivity (Wildman–Crippen MR) is 114 cm³/mol. The van der Waals surface area contributed by atoms with Crippen LogP contribution < -0.4 is 9.80 Å². The molecular weight excluding hydrogens is 406 g/mol. The van der Waals surface area contributed by atoms with E-state index < -0.39 is 0 Å². The first-order valence-corrected chi connectivity index (χ1v) is 11.0. The lowest BCUT2D eigenvalue weighted by molar-refractivity contribution is -0.118. The van der Waals surface area contributed by atoms with Gasteiger partial charge < -0.3 is 4.90 Å². The van der Waals surface area contributed by atoms with Crippen LogP contribution in [0.5, 0.6) is 0 Å². The van der Waals surface area contributed by atoms with Gasteiger partial charge in [-0.05, 0) is 37.2 Å². The molecule has 1 saturated carbocycles. The van der Waals surface area contributed by atoms with Crippen LogP contribution in [-0.2, 0) is 11.5 Å². The van der Waals surface area contributed by atoms with Crippen LogP contribution >= 0.6 is 23.6 Å². The third kappa shape index (κ3) is 4.47. The monoisotopic (exact) mass is 429 g/mol. The molecule has 0 aromatic carbocycles. The molecule has 3 heterocycles. The first kappa shape index (κ1) is 19.9. The Hall–Kier alpha value is -2.35. The topological polar surface area (TPSA) is 81.3 Å². The summed E-state index contributed by atoms with van der Waals surface area (Å²) in [5.41, 5.74) is 0.626. The summed E-state index contributed by atoms with van der Waals surface area (Å²) in [6.45, 7) is 5.87. The molecule has 0 N–H and O–H groups in total. The molecule has 1 aliphatic heterocycles. The van der Waals surface area contributed by atoms with Gasteiger partial charge in [-0.1, -0.05) is 18.3 Å². The number of rotatable bonds is 6. The van der Waals surface area contributed by atoms with E-state index >= 15 is 0 Å². The van der Waals surface area contributed by atoms with Gasteiger partial charge in [0.2, 0.25) is 11.0 Å². The van der Waals surface area contributed by atoms with Crippen molar-refractivity contribution in [1.29, 1.82) is 5.26 Å². The molecule has 0 radical (unpaired) electrons. The van der Waals surface area contributed by atoms with Crippen molar-refractivity contribution in [3.05, 3.63) is 27.8 Å². The molecule has 29 heavy (non-hydrogen) atoms. The van der Waals surface area contributed by atoms with Gasteiger partial charge in [0.1, 0.15) is 5.82 Å². The molecule has 10 heteroatoms. The fraction of sp³-hybridized carbons (Fsp3) is 0.526. The number of hydrogen-bond acceptors (Lipinski definition) is 8. The average molecular weight is 430 g/mol. The molecule has 1 amide bonds. The molecule has 1 saturated heterocycles. The van der Waals surface area contributed by atoms with Crippen LogP contribution in [0.1, 0.15) is 31.7 Å². The SMILES string of the molecule is CCC(=O)N(c1nn(CN2CCN(c3cc(C#N)ccn3)CC2)c(=S)s1)C1CC1. The molecule has 1 aliphatic carbocycles. The number of anilines is 2. The van der Waals surface area contributed by atoms with E-state index in [0.29, 0.717) is 22.6 Å². The zero-order valence-electron chi connectivity index (χ0n) is 16.3. The molecule has 2 aromatic rings. The van der Waals surface area contributed by atoms with E-state index in [1.54, 1.807) is 12.3 Å². The Labute approximate surface area is 179 Å². The van der Waals surface area contributed by atoms with Gasteiger partial charge in [-0.25, -0.2) is 9.67 Å². The predicted octanol–water partition coefficient (Wildman–Crippen LogP) is 2.63. The Balaban J connectivity index is 1.39. The average Bonchev–Trinajstić information content (AvgIpc) is 3.52. The van der Waals surface area contributed by atoms with E-state index in [9.17, 15) is 4.79 Å². The molecule has 0 spiro atoms. The third-order valence-corrected chi connectivity index (χ3v) is 6.50. The van der Waals surface area contributed by atoms with Crippen LogP contribution in [0.15, 0.2) is 18.3 Å². The summed E-state index contributed by atoms with van der Waals surface area (Å²) in [4.78, 5) is 23.0. The molecule has 2 aliphatic rings. The van der Waals surface area contributed by atoms with Crippen molar-refractivity contribution in [3.63, 3.8) is 0 Å². The summed E-state index contributed by atoms with van der Waals surface area (Å²) in [5, 5.41) is 14.5. The van der Waals surface area contributed by atoms with Crippen LogP contribution in [-0.4, -0.2) is 57.8 Å². The van der Waals surface area contributed by atoms with Crippen molar-refractivity contribution in [2.24, 2.45) is 0 Å². The highest BCUT2D eigenvalue weighted by atomic mass is 32.1. The zero-order chi connectivity index (χ0) is 20.4. The fourth-order valence-electron chi connectivity index (χ4n) is 3.42. The van der Waals surface area contributed by atoms with Gasteiger partial charge in [-0.15, -0.1) is 5.10 Å². The maximum absolute atomic E-state index is 12.3. The van der Waals surface area contributed by atoms with Gasteiger partial charge in [-0.3, -0.25) is 14.6 Å². The van der Waals surface area contributed by atoms with E-state index in [0.717, 1.165) is 50.0 Å². The van der Waals surface area contributed by atoms with Crippen LogP contribution in [0.2, 0.25) is 0 Å². The highest BCUT2D eigenvalue weighted by Gasteiger charge is 2.35. The number of nitriles is 1. The van der Waals surface area contributed by atoms with Crippen LogP contribution in [0, 0.1) is 15.3 Å². The molecule has 4 rings (SSSR count). The molecule has 8 nitrogen and oxygen atoms in total. The first-order valence-electron chi connectivity index (χ1n) is 9.82. The van der Waals surface area contributed by atoms with Gasteiger partial charge in [0, 0.05) is 44.8 Å². The van der Waals surface area contributed by atoms with E-state index in [1.165, 1.54) is 11.3 Å². The Kier molecular flexibility index (Phi) is 5.89. The summed E-state index contributed by atoms with van der Waals surface area (Å²) in [5.74, 6) is 0.957. The second-order valence-electron chi connectivity index (χ2n) is 7.26. The third-order valence-electron chi connectivity index (χ3n) is 5.19. The Bertz CT molecular complexity index is 983. The number of carbonyl (C=O) groups is 1. The molecular formula is C19H23N7OS2. The van der Waals surface area contributed by atoms with Crippen LogP contribution in [0.25, 0.3) is 0 Å². The van der Waals surface area contributed by atoms with Gasteiger partial charge in [0.15, 0.2) is 3.95 Å². The van der Waals surface area contributed by atoms with Gasteiger partial charge >= 0.3 is 0 Å². The minimum atomic E-state index is 0.115.